The van der Waals surface area contributed by atoms with Crippen molar-refractivity contribution >= 4 is 11.9 Å². The predicted molar refractivity (Wildman–Crippen MR) is 102 cm³/mol. The van der Waals surface area contributed by atoms with Gasteiger partial charge in [-0.3, -0.25) is 4.79 Å². The van der Waals surface area contributed by atoms with Crippen molar-refractivity contribution in [3.63, 3.8) is 0 Å². The van der Waals surface area contributed by atoms with Gasteiger partial charge in [-0.1, -0.05) is 6.92 Å². The molecule has 1 saturated carbocycles. The zero-order valence-corrected chi connectivity index (χ0v) is 17.6. The summed E-state index contributed by atoms with van der Waals surface area (Å²) < 4.78 is 36.6. The summed E-state index contributed by atoms with van der Waals surface area (Å²) >= 11 is 0. The number of nitrogens with zero attached hydrogens (tertiary/aromatic N) is 1. The molecular weight excluding hydrogens is 370 g/mol. The van der Waals surface area contributed by atoms with Crippen LogP contribution in [0.25, 0.3) is 0 Å². The quantitative estimate of drug-likeness (QED) is 0.419. The van der Waals surface area contributed by atoms with Crippen molar-refractivity contribution in [3.05, 3.63) is 0 Å². The van der Waals surface area contributed by atoms with Crippen molar-refractivity contribution < 1.29 is 27.8 Å². The van der Waals surface area contributed by atoms with Crippen molar-refractivity contribution in [2.45, 2.75) is 83.4 Å². The second-order valence-electron chi connectivity index (χ2n) is 9.13. The van der Waals surface area contributed by atoms with E-state index in [1.807, 2.05) is 27.7 Å². The Balaban J connectivity index is 2.15. The molecule has 1 saturated heterocycles. The van der Waals surface area contributed by atoms with Crippen LogP contribution in [0.4, 0.5) is 8.78 Å². The summed E-state index contributed by atoms with van der Waals surface area (Å²) in [5, 5.41) is 3.19. The number of halogens is 2. The van der Waals surface area contributed by atoms with Crippen LogP contribution in [0, 0.1) is 11.8 Å². The molecule has 0 aromatic rings. The lowest BCUT2D eigenvalue weighted by Crippen LogP contribution is -2.56. The summed E-state index contributed by atoms with van der Waals surface area (Å²) in [6.07, 6.45) is 0.844. The molecule has 0 spiro atoms. The minimum absolute atomic E-state index is 0.00648. The van der Waals surface area contributed by atoms with Gasteiger partial charge in [0.15, 0.2) is 5.60 Å². The van der Waals surface area contributed by atoms with Gasteiger partial charge < -0.3 is 14.4 Å². The number of carbonyl (C=O) groups excluding carboxylic acids is 2. The molecule has 2 aliphatic rings. The molecule has 0 aromatic carbocycles. The van der Waals surface area contributed by atoms with Crippen molar-refractivity contribution in [1.29, 1.82) is 0 Å². The van der Waals surface area contributed by atoms with Crippen molar-refractivity contribution in [3.8, 4) is 0 Å². The summed E-state index contributed by atoms with van der Waals surface area (Å²) in [6, 6.07) is -1.24. The highest BCUT2D eigenvalue weighted by molar-refractivity contribution is 5.88. The molecule has 2 unspecified atom stereocenters. The number of aliphatic hydroxyl groups is 2. The number of hydrogen-bond donors (Lipinski definition) is 1. The van der Waals surface area contributed by atoms with E-state index in [0.29, 0.717) is 13.0 Å². The Hall–Kier alpha value is -1.28. The van der Waals surface area contributed by atoms with Crippen LogP contribution in [-0.2, 0) is 14.3 Å². The fourth-order valence-corrected chi connectivity index (χ4v) is 4.09. The van der Waals surface area contributed by atoms with Crippen LogP contribution >= 0.6 is 0 Å². The van der Waals surface area contributed by atoms with E-state index in [-0.39, 0.29) is 55.8 Å². The third-order valence-corrected chi connectivity index (χ3v) is 5.79. The molecule has 1 amide bonds. The summed E-state index contributed by atoms with van der Waals surface area (Å²) in [7, 11) is 1.32. The summed E-state index contributed by atoms with van der Waals surface area (Å²) in [4.78, 5) is 27.1. The van der Waals surface area contributed by atoms with Gasteiger partial charge in [-0.25, -0.2) is 18.9 Å². The van der Waals surface area contributed by atoms with Crippen LogP contribution in [0.15, 0.2) is 0 Å². The van der Waals surface area contributed by atoms with E-state index in [2.05, 4.69) is 10.1 Å². The third-order valence-electron chi connectivity index (χ3n) is 5.79. The Morgan fingerprint density at radius 3 is 2.39 bits per heavy atom. The Labute approximate surface area is 166 Å². The largest absolute Gasteiger partial charge is 0.467 e. The number of carbonyl (C=O) groups is 2. The van der Waals surface area contributed by atoms with E-state index in [4.69, 9.17) is 4.74 Å². The van der Waals surface area contributed by atoms with E-state index in [0.717, 1.165) is 0 Å². The molecule has 2 rings (SSSR count). The molecule has 0 bridgehead atoms. The van der Waals surface area contributed by atoms with Crippen LogP contribution in [0.3, 0.4) is 0 Å². The predicted octanol–water partition coefficient (Wildman–Crippen LogP) is 2.46. The molecule has 2 N–H and O–H groups in total. The van der Waals surface area contributed by atoms with Crippen LogP contribution in [0.5, 0.6) is 0 Å². The minimum atomic E-state index is -2.66. The summed E-state index contributed by atoms with van der Waals surface area (Å²) in [6.45, 7) is 8.54. The molecule has 6 nitrogen and oxygen atoms in total. The van der Waals surface area contributed by atoms with Gasteiger partial charge in [-0.15, -0.1) is 0 Å². The second kappa shape index (κ2) is 9.03. The smallest absolute Gasteiger partial charge is 0.328 e. The first-order chi connectivity index (χ1) is 12.9. The molecule has 28 heavy (non-hydrogen) atoms. The van der Waals surface area contributed by atoms with Crippen LogP contribution in [0.2, 0.25) is 0 Å². The first kappa shape index (κ1) is 23.0. The Bertz CT molecular complexity index is 555. The van der Waals surface area contributed by atoms with Gasteiger partial charge in [0.1, 0.15) is 6.04 Å². The Morgan fingerprint density at radius 1 is 1.25 bits per heavy atom. The number of methoxy groups -OCH3 is 1. The number of esters is 1. The standard InChI is InChI=1S/C20H34F2N2O4/c1-13-8-11-24(16(13)18(26)27-5)17(25)15(23-12-28-19(2,3)4)14-6-9-20(21,22)10-7-14/h13-16,23H,6-12H2,1-5H3/p+1/t13-,15?,16?/m0/s1. The Morgan fingerprint density at radius 2 is 1.86 bits per heavy atom. The molecule has 0 radical (unpaired) electrons. The maximum Gasteiger partial charge on any atom is 0.328 e. The maximum absolute atomic E-state index is 13.6. The van der Waals surface area contributed by atoms with E-state index >= 15 is 0 Å². The normalized spacial score (nSPS) is 26.9. The number of alkyl halides is 2. The van der Waals surface area contributed by atoms with Gasteiger partial charge in [0.25, 0.3) is 0 Å². The highest BCUT2D eigenvalue weighted by Crippen LogP contribution is 2.38. The number of hydrogen-bond acceptors (Lipinski definition) is 4. The van der Waals surface area contributed by atoms with Gasteiger partial charge in [0, 0.05) is 40.2 Å². The van der Waals surface area contributed by atoms with E-state index < -0.39 is 24.0 Å². The Kier molecular flexibility index (Phi) is 7.42. The molecule has 1 aliphatic heterocycles. The number of nitrogens with one attached hydrogen (secondary N) is 1. The number of amides is 1. The summed E-state index contributed by atoms with van der Waals surface area (Å²) in [5.41, 5.74) is -0.267. The van der Waals surface area contributed by atoms with Crippen LogP contribution in [0.1, 0.15) is 59.8 Å². The topological polar surface area (TPSA) is 71.4 Å². The minimum Gasteiger partial charge on any atom is -0.467 e. The molecule has 2 fully saturated rings. The number of rotatable bonds is 6. The SMILES string of the molecule is COC(=O)C1[C@@H](C)CCN1C(=O)C(NC[OH+]C(C)(C)C)C1CCC(F)(F)CC1. The zero-order valence-electron chi connectivity index (χ0n) is 17.6. The average Bonchev–Trinajstić information content (AvgIpc) is 2.99. The molecule has 0 aromatic heterocycles. The van der Waals surface area contributed by atoms with Gasteiger partial charge in [-0.2, -0.15) is 0 Å². The number of likely N-dealkylation sites (tertiary alicyclic amines) is 1. The van der Waals surface area contributed by atoms with Crippen molar-refractivity contribution in [2.24, 2.45) is 11.8 Å². The van der Waals surface area contributed by atoms with Crippen LogP contribution < -0.4 is 5.32 Å². The third kappa shape index (κ3) is 5.86. The van der Waals surface area contributed by atoms with Gasteiger partial charge >= 0.3 is 5.97 Å². The van der Waals surface area contributed by atoms with E-state index in [1.165, 1.54) is 7.11 Å². The fourth-order valence-electron chi connectivity index (χ4n) is 4.09. The lowest BCUT2D eigenvalue weighted by Gasteiger charge is -2.36. The lowest BCUT2D eigenvalue weighted by atomic mass is 9.81. The monoisotopic (exact) mass is 405 g/mol. The lowest BCUT2D eigenvalue weighted by molar-refractivity contribution is -0.169. The van der Waals surface area contributed by atoms with Gasteiger partial charge in [-0.05, 0) is 31.1 Å². The highest BCUT2D eigenvalue weighted by atomic mass is 19.3. The van der Waals surface area contributed by atoms with Gasteiger partial charge in [0.05, 0.1) is 13.2 Å². The molecule has 8 heteroatoms. The summed E-state index contributed by atoms with van der Waals surface area (Å²) in [5.74, 6) is -3.48. The second-order valence-corrected chi connectivity index (χ2v) is 9.13. The highest BCUT2D eigenvalue weighted by Gasteiger charge is 2.46. The average molecular weight is 406 g/mol. The maximum atomic E-state index is 13.6. The fraction of sp³-hybridized carbons (Fsp3) is 0.900. The van der Waals surface area contributed by atoms with Crippen molar-refractivity contribution in [2.75, 3.05) is 20.4 Å². The molecular formula is C20H35F2N2O4+. The van der Waals surface area contributed by atoms with E-state index in [9.17, 15) is 18.4 Å². The molecule has 3 atom stereocenters. The first-order valence-corrected chi connectivity index (χ1v) is 10.1. The van der Waals surface area contributed by atoms with Gasteiger partial charge in [0.2, 0.25) is 18.6 Å². The zero-order chi connectivity index (χ0) is 21.1. The van der Waals surface area contributed by atoms with E-state index in [1.54, 1.807) is 4.90 Å². The number of ether oxygens (including phenoxy) is 2. The van der Waals surface area contributed by atoms with Crippen LogP contribution in [-0.4, -0.2) is 65.5 Å². The molecule has 162 valence electrons. The molecule has 1 aliphatic carbocycles. The molecule has 1 heterocycles. The first-order valence-electron chi connectivity index (χ1n) is 10.1. The van der Waals surface area contributed by atoms with Crippen molar-refractivity contribution in [1.82, 2.24) is 10.2 Å².